The Labute approximate surface area is 181 Å². The fourth-order valence-corrected chi connectivity index (χ4v) is 5.24. The molecular formula is C23H29FN4OS. The van der Waals surface area contributed by atoms with Gasteiger partial charge in [-0.3, -0.25) is 9.48 Å². The molecule has 7 heteroatoms. The van der Waals surface area contributed by atoms with Gasteiger partial charge in [0.05, 0.1) is 6.54 Å². The molecule has 1 amide bonds. The van der Waals surface area contributed by atoms with Crippen LogP contribution in [0.4, 0.5) is 4.39 Å². The van der Waals surface area contributed by atoms with Crippen LogP contribution in [0.2, 0.25) is 0 Å². The van der Waals surface area contributed by atoms with Crippen LogP contribution in [0.3, 0.4) is 0 Å². The van der Waals surface area contributed by atoms with Gasteiger partial charge in [-0.15, -0.1) is 6.58 Å². The van der Waals surface area contributed by atoms with Crippen molar-refractivity contribution in [1.29, 1.82) is 0 Å². The van der Waals surface area contributed by atoms with Gasteiger partial charge in [0.1, 0.15) is 5.82 Å². The van der Waals surface area contributed by atoms with E-state index in [4.69, 9.17) is 5.10 Å². The second kappa shape index (κ2) is 9.79. The van der Waals surface area contributed by atoms with E-state index in [-0.39, 0.29) is 17.8 Å². The summed E-state index contributed by atoms with van der Waals surface area (Å²) in [4.78, 5) is 15.1. The van der Waals surface area contributed by atoms with E-state index in [1.165, 1.54) is 6.07 Å². The van der Waals surface area contributed by atoms with E-state index in [1.807, 2.05) is 39.6 Å². The normalized spacial score (nSPS) is 18.8. The number of nitrogens with zero attached hydrogens (tertiary/aromatic N) is 3. The van der Waals surface area contributed by atoms with E-state index < -0.39 is 0 Å². The number of carbonyl (C=O) groups excluding carboxylic acids is 1. The lowest BCUT2D eigenvalue weighted by Gasteiger charge is -2.27. The molecule has 4 rings (SSSR count). The highest BCUT2D eigenvalue weighted by molar-refractivity contribution is 7.99. The number of hydrogen-bond acceptors (Lipinski definition) is 4. The fraction of sp³-hybridized carbons (Fsp3) is 0.478. The molecule has 2 heterocycles. The van der Waals surface area contributed by atoms with Gasteiger partial charge >= 0.3 is 0 Å². The molecule has 0 unspecified atom stereocenters. The maximum atomic E-state index is 13.9. The van der Waals surface area contributed by atoms with E-state index >= 15 is 0 Å². The SMILES string of the molecule is C=CCn1nc(C(=O)N2CCSCC2)c2c1CC[C@H](NCCc1ccccc1F)C2. The number of amides is 1. The minimum Gasteiger partial charge on any atom is -0.336 e. The summed E-state index contributed by atoms with van der Waals surface area (Å²) in [5, 5.41) is 8.27. The van der Waals surface area contributed by atoms with Crippen LogP contribution in [0.1, 0.15) is 33.7 Å². The zero-order valence-electron chi connectivity index (χ0n) is 17.3. The number of aromatic nitrogens is 2. The Morgan fingerprint density at radius 3 is 2.90 bits per heavy atom. The highest BCUT2D eigenvalue weighted by atomic mass is 32.2. The molecule has 2 aromatic rings. The predicted molar refractivity (Wildman–Crippen MR) is 120 cm³/mol. The topological polar surface area (TPSA) is 50.2 Å². The number of thioether (sulfide) groups is 1. The molecule has 1 saturated heterocycles. The van der Waals surface area contributed by atoms with Crippen molar-refractivity contribution in [2.45, 2.75) is 38.3 Å². The van der Waals surface area contributed by atoms with E-state index in [1.54, 1.807) is 6.07 Å². The van der Waals surface area contributed by atoms with E-state index in [0.717, 1.165) is 60.7 Å². The number of rotatable bonds is 7. The molecule has 5 nitrogen and oxygen atoms in total. The summed E-state index contributed by atoms with van der Waals surface area (Å²) < 4.78 is 15.8. The number of halogens is 1. The van der Waals surface area contributed by atoms with Crippen molar-refractivity contribution >= 4 is 17.7 Å². The molecule has 1 aromatic heterocycles. The largest absolute Gasteiger partial charge is 0.336 e. The first-order chi connectivity index (χ1) is 14.7. The van der Waals surface area contributed by atoms with Crippen molar-refractivity contribution in [2.24, 2.45) is 0 Å². The average molecular weight is 429 g/mol. The highest BCUT2D eigenvalue weighted by Crippen LogP contribution is 2.27. The molecule has 160 valence electrons. The molecule has 0 bridgehead atoms. The van der Waals surface area contributed by atoms with Crippen molar-refractivity contribution in [3.8, 4) is 0 Å². The van der Waals surface area contributed by atoms with Gasteiger partial charge in [0.25, 0.3) is 5.91 Å². The second-order valence-electron chi connectivity index (χ2n) is 7.88. The predicted octanol–water partition coefficient (Wildman–Crippen LogP) is 3.09. The van der Waals surface area contributed by atoms with Crippen molar-refractivity contribution in [1.82, 2.24) is 20.0 Å². The summed E-state index contributed by atoms with van der Waals surface area (Å²) in [6.45, 7) is 6.75. The molecule has 1 aliphatic heterocycles. The number of allylic oxidation sites excluding steroid dienone is 1. The first-order valence-corrected chi connectivity index (χ1v) is 11.9. The Hall–Kier alpha value is -2.12. The van der Waals surface area contributed by atoms with Gasteiger partial charge in [-0.2, -0.15) is 16.9 Å². The maximum absolute atomic E-state index is 13.9. The standard InChI is InChI=1S/C23H29FN4OS/c1-2-11-28-21-8-7-18(25-10-9-17-5-3-4-6-20(17)24)16-19(21)22(26-28)23(29)27-12-14-30-15-13-27/h2-6,18,25H,1,7-16H2/t18-/m0/s1. The first kappa shape index (κ1) is 21.1. The van der Waals surface area contributed by atoms with E-state index in [2.05, 4.69) is 11.9 Å². The van der Waals surface area contributed by atoms with Gasteiger partial charge in [-0.1, -0.05) is 24.3 Å². The molecule has 1 N–H and O–H groups in total. The Bertz CT molecular complexity index is 907. The third-order valence-electron chi connectivity index (χ3n) is 5.93. The van der Waals surface area contributed by atoms with Crippen molar-refractivity contribution in [3.63, 3.8) is 0 Å². The summed E-state index contributed by atoms with van der Waals surface area (Å²) >= 11 is 1.89. The van der Waals surface area contributed by atoms with Crippen LogP contribution in [-0.2, 0) is 25.8 Å². The summed E-state index contributed by atoms with van der Waals surface area (Å²) in [5.41, 5.74) is 3.59. The summed E-state index contributed by atoms with van der Waals surface area (Å²) in [6.07, 6.45) is 5.14. The smallest absolute Gasteiger partial charge is 0.274 e. The third-order valence-corrected chi connectivity index (χ3v) is 6.88. The zero-order chi connectivity index (χ0) is 20.9. The number of benzene rings is 1. The zero-order valence-corrected chi connectivity index (χ0v) is 18.1. The molecule has 1 aliphatic carbocycles. The Morgan fingerprint density at radius 1 is 1.33 bits per heavy atom. The average Bonchev–Trinajstić information content (AvgIpc) is 3.13. The van der Waals surface area contributed by atoms with Gasteiger partial charge in [0.15, 0.2) is 5.69 Å². The lowest BCUT2D eigenvalue weighted by Crippen LogP contribution is -2.40. The summed E-state index contributed by atoms with van der Waals surface area (Å²) in [6, 6.07) is 7.20. The van der Waals surface area contributed by atoms with Crippen LogP contribution in [0, 0.1) is 5.82 Å². The van der Waals surface area contributed by atoms with Gasteiger partial charge in [0.2, 0.25) is 0 Å². The van der Waals surface area contributed by atoms with Crippen LogP contribution >= 0.6 is 11.8 Å². The van der Waals surface area contributed by atoms with Crippen LogP contribution in [0.15, 0.2) is 36.9 Å². The van der Waals surface area contributed by atoms with Gasteiger partial charge in [0, 0.05) is 41.9 Å². The van der Waals surface area contributed by atoms with E-state index in [9.17, 15) is 9.18 Å². The number of carbonyl (C=O) groups is 1. The number of nitrogens with one attached hydrogen (secondary N) is 1. The fourth-order valence-electron chi connectivity index (χ4n) is 4.34. The van der Waals surface area contributed by atoms with Crippen LogP contribution in [0.25, 0.3) is 0 Å². The maximum Gasteiger partial charge on any atom is 0.274 e. The Kier molecular flexibility index (Phi) is 6.89. The third kappa shape index (κ3) is 4.62. The van der Waals surface area contributed by atoms with Crippen molar-refractivity contribution in [2.75, 3.05) is 31.1 Å². The first-order valence-electron chi connectivity index (χ1n) is 10.7. The molecule has 0 spiro atoms. The minimum absolute atomic E-state index is 0.0568. The lowest BCUT2D eigenvalue weighted by molar-refractivity contribution is 0.0764. The van der Waals surface area contributed by atoms with Crippen molar-refractivity contribution in [3.05, 3.63) is 65.3 Å². The highest BCUT2D eigenvalue weighted by Gasteiger charge is 2.31. The Balaban J connectivity index is 1.46. The van der Waals surface area contributed by atoms with Crippen LogP contribution < -0.4 is 5.32 Å². The monoisotopic (exact) mass is 428 g/mol. The molecule has 1 aromatic carbocycles. The van der Waals surface area contributed by atoms with Gasteiger partial charge in [-0.05, 0) is 43.9 Å². The molecule has 0 saturated carbocycles. The quantitative estimate of drug-likeness (QED) is 0.689. The van der Waals surface area contributed by atoms with Gasteiger partial charge < -0.3 is 10.2 Å². The van der Waals surface area contributed by atoms with Crippen molar-refractivity contribution < 1.29 is 9.18 Å². The Morgan fingerprint density at radius 2 is 2.13 bits per heavy atom. The molecule has 0 radical (unpaired) electrons. The molecule has 30 heavy (non-hydrogen) atoms. The van der Waals surface area contributed by atoms with Gasteiger partial charge in [-0.25, -0.2) is 4.39 Å². The lowest BCUT2D eigenvalue weighted by atomic mass is 9.91. The minimum atomic E-state index is -0.150. The van der Waals surface area contributed by atoms with Crippen LogP contribution in [-0.4, -0.2) is 57.8 Å². The number of hydrogen-bond donors (Lipinski definition) is 1. The molecule has 1 fully saturated rings. The molecule has 1 atom stereocenters. The number of fused-ring (bicyclic) bond motifs is 1. The summed E-state index contributed by atoms with van der Waals surface area (Å²) in [5.74, 6) is 1.88. The molecule has 2 aliphatic rings. The molecular weight excluding hydrogens is 399 g/mol. The van der Waals surface area contributed by atoms with Crippen LogP contribution in [0.5, 0.6) is 0 Å². The van der Waals surface area contributed by atoms with E-state index in [0.29, 0.717) is 25.2 Å². The summed E-state index contributed by atoms with van der Waals surface area (Å²) in [7, 11) is 0. The second-order valence-corrected chi connectivity index (χ2v) is 9.11.